The van der Waals surface area contributed by atoms with E-state index >= 15 is 0 Å². The van der Waals surface area contributed by atoms with Gasteiger partial charge in [0.2, 0.25) is 0 Å². The molecule has 1 N–H and O–H groups in total. The molecule has 0 aromatic heterocycles. The summed E-state index contributed by atoms with van der Waals surface area (Å²) in [6.45, 7) is 4.52. The molecule has 1 fully saturated rings. The highest BCUT2D eigenvalue weighted by atomic mass is 32.2. The van der Waals surface area contributed by atoms with E-state index in [9.17, 15) is 18.0 Å². The number of amides is 3. The molecule has 0 spiro atoms. The number of para-hydroxylation sites is 1. The number of sulfone groups is 1. The van der Waals surface area contributed by atoms with E-state index in [-0.39, 0.29) is 10.5 Å². The number of rotatable bonds is 3. The van der Waals surface area contributed by atoms with Gasteiger partial charge >= 0.3 is 6.03 Å². The molecule has 1 aliphatic rings. The average molecular weight is 401 g/mol. The molecule has 3 rings (SSSR count). The fraction of sp³-hybridized carbons (Fsp3) is 0.300. The SMILES string of the molecule is Cc1cccc(C)c1NC(=O)N1CCCN1C(=O)c1ccccc1S(C)(=O)=O. The van der Waals surface area contributed by atoms with Gasteiger partial charge in [0, 0.05) is 25.0 Å². The van der Waals surface area contributed by atoms with Crippen LogP contribution in [0.15, 0.2) is 47.4 Å². The first-order chi connectivity index (χ1) is 13.2. The smallest absolute Gasteiger partial charge is 0.306 e. The highest BCUT2D eigenvalue weighted by Gasteiger charge is 2.33. The first kappa shape index (κ1) is 19.9. The van der Waals surface area contributed by atoms with Crippen LogP contribution in [0.3, 0.4) is 0 Å². The molecule has 2 aromatic rings. The maximum Gasteiger partial charge on any atom is 0.340 e. The van der Waals surface area contributed by atoms with Gasteiger partial charge in [-0.25, -0.2) is 23.2 Å². The van der Waals surface area contributed by atoms with Crippen LogP contribution in [0.25, 0.3) is 0 Å². The minimum atomic E-state index is -3.57. The molecule has 1 heterocycles. The van der Waals surface area contributed by atoms with Crippen molar-refractivity contribution in [3.63, 3.8) is 0 Å². The first-order valence-corrected chi connectivity index (χ1v) is 10.8. The molecule has 3 amide bonds. The number of carbonyl (C=O) groups is 2. The minimum Gasteiger partial charge on any atom is -0.306 e. The van der Waals surface area contributed by atoms with Gasteiger partial charge in [-0.15, -0.1) is 0 Å². The molecule has 28 heavy (non-hydrogen) atoms. The number of urea groups is 1. The van der Waals surface area contributed by atoms with Crippen LogP contribution < -0.4 is 5.32 Å². The van der Waals surface area contributed by atoms with E-state index in [2.05, 4.69) is 5.32 Å². The van der Waals surface area contributed by atoms with Crippen molar-refractivity contribution in [2.24, 2.45) is 0 Å². The van der Waals surface area contributed by atoms with Gasteiger partial charge in [0.05, 0.1) is 10.5 Å². The molecule has 0 bridgehead atoms. The molecule has 0 saturated carbocycles. The van der Waals surface area contributed by atoms with Crippen LogP contribution in [0.5, 0.6) is 0 Å². The highest BCUT2D eigenvalue weighted by Crippen LogP contribution is 2.24. The van der Waals surface area contributed by atoms with E-state index < -0.39 is 21.8 Å². The lowest BCUT2D eigenvalue weighted by Crippen LogP contribution is -2.47. The quantitative estimate of drug-likeness (QED) is 0.857. The second kappa shape index (κ2) is 7.63. The van der Waals surface area contributed by atoms with Crippen LogP contribution in [0.2, 0.25) is 0 Å². The Labute approximate surface area is 164 Å². The predicted molar refractivity (Wildman–Crippen MR) is 107 cm³/mol. The number of hydrazine groups is 1. The molecule has 1 aliphatic heterocycles. The standard InChI is InChI=1S/C20H23N3O4S/c1-14-8-6-9-15(2)18(14)21-20(25)23-13-7-12-22(23)19(24)16-10-4-5-11-17(16)28(3,26)27/h4-6,8-11H,7,12-13H2,1-3H3,(H,21,25). The topological polar surface area (TPSA) is 86.8 Å². The van der Waals surface area contributed by atoms with Gasteiger partial charge in [0.15, 0.2) is 9.84 Å². The molecular formula is C20H23N3O4S. The zero-order valence-corrected chi connectivity index (χ0v) is 16.9. The zero-order chi connectivity index (χ0) is 20.5. The second-order valence-corrected chi connectivity index (χ2v) is 8.85. The normalized spacial score (nSPS) is 14.2. The second-order valence-electron chi connectivity index (χ2n) is 6.87. The van der Waals surface area contributed by atoms with E-state index in [1.807, 2.05) is 32.0 Å². The Kier molecular flexibility index (Phi) is 5.42. The van der Waals surface area contributed by atoms with E-state index in [1.54, 1.807) is 12.1 Å². The van der Waals surface area contributed by atoms with E-state index in [4.69, 9.17) is 0 Å². The Morgan fingerprint density at radius 2 is 1.54 bits per heavy atom. The summed E-state index contributed by atoms with van der Waals surface area (Å²) in [6.07, 6.45) is 1.68. The van der Waals surface area contributed by atoms with Gasteiger partial charge in [-0.05, 0) is 43.5 Å². The summed E-state index contributed by atoms with van der Waals surface area (Å²) in [5, 5.41) is 5.53. The lowest BCUT2D eigenvalue weighted by Gasteiger charge is -2.29. The van der Waals surface area contributed by atoms with Gasteiger partial charge in [-0.1, -0.05) is 30.3 Å². The number of hydrogen-bond donors (Lipinski definition) is 1. The third kappa shape index (κ3) is 3.87. The lowest BCUT2D eigenvalue weighted by molar-refractivity contribution is 0.0400. The zero-order valence-electron chi connectivity index (χ0n) is 16.1. The molecule has 0 unspecified atom stereocenters. The molecular weight excluding hydrogens is 378 g/mol. The summed E-state index contributed by atoms with van der Waals surface area (Å²) in [5.74, 6) is -0.504. The van der Waals surface area contributed by atoms with Crippen molar-refractivity contribution < 1.29 is 18.0 Å². The predicted octanol–water partition coefficient (Wildman–Crippen LogP) is 3.00. The van der Waals surface area contributed by atoms with Crippen molar-refractivity contribution in [1.82, 2.24) is 10.0 Å². The molecule has 0 atom stereocenters. The van der Waals surface area contributed by atoms with Crippen LogP contribution in [0.1, 0.15) is 27.9 Å². The fourth-order valence-electron chi connectivity index (χ4n) is 3.32. The highest BCUT2D eigenvalue weighted by molar-refractivity contribution is 7.90. The van der Waals surface area contributed by atoms with Crippen LogP contribution in [-0.4, -0.2) is 49.7 Å². The molecule has 148 valence electrons. The molecule has 7 nitrogen and oxygen atoms in total. The summed E-state index contributed by atoms with van der Waals surface area (Å²) in [7, 11) is -3.57. The first-order valence-electron chi connectivity index (χ1n) is 8.95. The van der Waals surface area contributed by atoms with E-state index in [0.29, 0.717) is 25.2 Å². The third-order valence-corrected chi connectivity index (χ3v) is 5.89. The van der Waals surface area contributed by atoms with Crippen molar-refractivity contribution in [2.45, 2.75) is 25.2 Å². The van der Waals surface area contributed by atoms with Gasteiger partial charge in [-0.3, -0.25) is 4.79 Å². The van der Waals surface area contributed by atoms with Crippen molar-refractivity contribution >= 4 is 27.5 Å². The summed E-state index contributed by atoms with van der Waals surface area (Å²) in [4.78, 5) is 25.9. The fourth-order valence-corrected chi connectivity index (χ4v) is 4.20. The Hall–Kier alpha value is -2.87. The minimum absolute atomic E-state index is 0.0398. The molecule has 0 aliphatic carbocycles. The monoisotopic (exact) mass is 401 g/mol. The summed E-state index contributed by atoms with van der Waals surface area (Å²) in [6, 6.07) is 11.4. The van der Waals surface area contributed by atoms with E-state index in [0.717, 1.165) is 17.4 Å². The molecule has 1 saturated heterocycles. The summed E-state index contributed by atoms with van der Waals surface area (Å²) < 4.78 is 24.1. The van der Waals surface area contributed by atoms with Crippen LogP contribution >= 0.6 is 0 Å². The number of nitrogens with one attached hydrogen (secondary N) is 1. The number of benzene rings is 2. The maximum absolute atomic E-state index is 13.1. The number of aryl methyl sites for hydroxylation is 2. The van der Waals surface area contributed by atoms with Gasteiger partial charge in [0.1, 0.15) is 0 Å². The average Bonchev–Trinajstić information content (AvgIpc) is 3.13. The maximum atomic E-state index is 13.1. The Balaban J connectivity index is 1.88. The lowest BCUT2D eigenvalue weighted by atomic mass is 10.1. The Morgan fingerprint density at radius 1 is 0.929 bits per heavy atom. The van der Waals surface area contributed by atoms with Crippen LogP contribution in [0.4, 0.5) is 10.5 Å². The summed E-state index contributed by atoms with van der Waals surface area (Å²) >= 11 is 0. The molecule has 8 heteroatoms. The van der Waals surface area contributed by atoms with E-state index in [1.165, 1.54) is 22.2 Å². The van der Waals surface area contributed by atoms with Gasteiger partial charge in [-0.2, -0.15) is 0 Å². The van der Waals surface area contributed by atoms with Crippen LogP contribution in [0, 0.1) is 13.8 Å². The Bertz CT molecular complexity index is 1010. The number of carbonyl (C=O) groups excluding carboxylic acids is 2. The van der Waals surface area contributed by atoms with Gasteiger partial charge < -0.3 is 5.32 Å². The van der Waals surface area contributed by atoms with Crippen molar-refractivity contribution in [1.29, 1.82) is 0 Å². The van der Waals surface area contributed by atoms with Crippen molar-refractivity contribution in [3.05, 3.63) is 59.2 Å². The van der Waals surface area contributed by atoms with Crippen molar-refractivity contribution in [3.8, 4) is 0 Å². The number of hydrogen-bond acceptors (Lipinski definition) is 4. The largest absolute Gasteiger partial charge is 0.340 e. The number of nitrogens with zero attached hydrogens (tertiary/aromatic N) is 2. The number of anilines is 1. The molecule has 2 aromatic carbocycles. The summed E-state index contributed by atoms with van der Waals surface area (Å²) in [5.41, 5.74) is 2.63. The van der Waals surface area contributed by atoms with Gasteiger partial charge in [0.25, 0.3) is 5.91 Å². The molecule has 0 radical (unpaired) electrons. The Morgan fingerprint density at radius 3 is 2.18 bits per heavy atom. The van der Waals surface area contributed by atoms with Crippen LogP contribution in [-0.2, 0) is 9.84 Å². The third-order valence-electron chi connectivity index (χ3n) is 4.73. The van der Waals surface area contributed by atoms with Crippen molar-refractivity contribution in [2.75, 3.05) is 24.7 Å².